The van der Waals surface area contributed by atoms with Crippen molar-refractivity contribution in [1.82, 2.24) is 15.5 Å². The summed E-state index contributed by atoms with van der Waals surface area (Å²) in [6.07, 6.45) is 0.586. The number of aliphatic hydroxyl groups excluding tert-OH is 1. The predicted octanol–water partition coefficient (Wildman–Crippen LogP) is 0.328. The number of hydrogen-bond acceptors (Lipinski definition) is 5. The zero-order valence-electron chi connectivity index (χ0n) is 18.0. The largest absolute Gasteiger partial charge is 0.382 e. The molecule has 0 unspecified atom stereocenters. The third-order valence-corrected chi connectivity index (χ3v) is 4.97. The summed E-state index contributed by atoms with van der Waals surface area (Å²) in [4.78, 5) is 39.2. The minimum atomic E-state index is -1.37. The molecule has 0 aromatic carbocycles. The Balaban J connectivity index is 2.81. The van der Waals surface area contributed by atoms with Crippen molar-refractivity contribution in [2.24, 2.45) is 17.6 Å². The number of nitrogens with zero attached hydrogens (tertiary/aromatic N) is 1. The number of nitrogens with two attached hydrogens (primary N) is 1. The highest BCUT2D eigenvalue weighted by Crippen LogP contribution is 2.20. The lowest BCUT2D eigenvalue weighted by Crippen LogP contribution is -2.56. The van der Waals surface area contributed by atoms with E-state index in [0.29, 0.717) is 32.2 Å². The number of alkyl halides is 1. The zero-order chi connectivity index (χ0) is 22.1. The van der Waals surface area contributed by atoms with E-state index in [1.165, 1.54) is 4.90 Å². The van der Waals surface area contributed by atoms with Crippen molar-refractivity contribution in [3.8, 4) is 0 Å². The molecule has 0 bridgehead atoms. The van der Waals surface area contributed by atoms with Crippen LogP contribution in [0.15, 0.2) is 0 Å². The average molecular weight is 417 g/mol. The fourth-order valence-electron chi connectivity index (χ4n) is 3.59. The zero-order valence-corrected chi connectivity index (χ0v) is 18.0. The predicted molar refractivity (Wildman–Crippen MR) is 109 cm³/mol. The Labute approximate surface area is 172 Å². The maximum Gasteiger partial charge on any atom is 0.253 e. The van der Waals surface area contributed by atoms with Gasteiger partial charge in [-0.1, -0.05) is 27.7 Å². The van der Waals surface area contributed by atoms with Gasteiger partial charge in [0.05, 0.1) is 0 Å². The van der Waals surface area contributed by atoms with E-state index >= 15 is 0 Å². The van der Waals surface area contributed by atoms with E-state index in [2.05, 4.69) is 10.6 Å². The fraction of sp³-hybridized carbons (Fsp3) is 0.850. The molecule has 1 rings (SSSR count). The Morgan fingerprint density at radius 3 is 2.34 bits per heavy atom. The highest BCUT2D eigenvalue weighted by Gasteiger charge is 2.39. The molecule has 1 saturated heterocycles. The van der Waals surface area contributed by atoms with Crippen LogP contribution in [0.25, 0.3) is 0 Å². The first-order chi connectivity index (χ1) is 13.6. The third-order valence-electron chi connectivity index (χ3n) is 4.97. The van der Waals surface area contributed by atoms with Crippen LogP contribution in [0.2, 0.25) is 0 Å². The van der Waals surface area contributed by atoms with Gasteiger partial charge >= 0.3 is 0 Å². The molecule has 29 heavy (non-hydrogen) atoms. The Morgan fingerprint density at radius 2 is 1.79 bits per heavy atom. The lowest BCUT2D eigenvalue weighted by atomic mass is 9.99. The summed E-state index contributed by atoms with van der Waals surface area (Å²) in [5.41, 5.74) is 5.95. The molecule has 8 nitrogen and oxygen atoms in total. The number of aliphatic hydroxyl groups is 1. The summed E-state index contributed by atoms with van der Waals surface area (Å²) in [5, 5.41) is 15.5. The van der Waals surface area contributed by atoms with Gasteiger partial charge in [0.2, 0.25) is 11.8 Å². The fourth-order valence-corrected chi connectivity index (χ4v) is 3.59. The van der Waals surface area contributed by atoms with Gasteiger partial charge in [-0.15, -0.1) is 0 Å². The van der Waals surface area contributed by atoms with Crippen LogP contribution in [-0.4, -0.2) is 71.7 Å². The number of hydrogen-bond donors (Lipinski definition) is 4. The van der Waals surface area contributed by atoms with Gasteiger partial charge in [0, 0.05) is 19.1 Å². The lowest BCUT2D eigenvalue weighted by Gasteiger charge is -2.30. The first-order valence-electron chi connectivity index (χ1n) is 10.5. The molecule has 1 fully saturated rings. The quantitative estimate of drug-likeness (QED) is 0.386. The van der Waals surface area contributed by atoms with Crippen LogP contribution in [0.5, 0.6) is 0 Å². The van der Waals surface area contributed by atoms with Crippen LogP contribution in [0.1, 0.15) is 53.4 Å². The van der Waals surface area contributed by atoms with Crippen LogP contribution < -0.4 is 16.4 Å². The summed E-state index contributed by atoms with van der Waals surface area (Å²) < 4.78 is 12.4. The summed E-state index contributed by atoms with van der Waals surface area (Å²) in [6, 6.07) is -2.27. The van der Waals surface area contributed by atoms with Crippen LogP contribution in [-0.2, 0) is 14.4 Å². The molecular weight excluding hydrogens is 379 g/mol. The van der Waals surface area contributed by atoms with Crippen LogP contribution in [0, 0.1) is 11.8 Å². The molecule has 0 spiro atoms. The van der Waals surface area contributed by atoms with Gasteiger partial charge in [0.15, 0.2) is 0 Å². The number of nitrogens with one attached hydrogen (secondary N) is 2. The molecule has 5 N–H and O–H groups in total. The number of halogens is 1. The average Bonchev–Trinajstić information content (AvgIpc) is 3.13. The van der Waals surface area contributed by atoms with Crippen molar-refractivity contribution in [2.45, 2.75) is 77.6 Å². The first kappa shape index (κ1) is 25.3. The second-order valence-corrected chi connectivity index (χ2v) is 8.60. The molecule has 1 aliphatic rings. The van der Waals surface area contributed by atoms with Crippen LogP contribution >= 0.6 is 0 Å². The molecule has 1 aliphatic heterocycles. The van der Waals surface area contributed by atoms with Gasteiger partial charge in [-0.2, -0.15) is 0 Å². The van der Waals surface area contributed by atoms with E-state index in [0.717, 1.165) is 0 Å². The van der Waals surface area contributed by atoms with Crippen molar-refractivity contribution >= 4 is 17.7 Å². The molecule has 3 amide bonds. The summed E-state index contributed by atoms with van der Waals surface area (Å²) in [7, 11) is 0. The Kier molecular flexibility index (Phi) is 10.5. The van der Waals surface area contributed by atoms with E-state index in [-0.39, 0.29) is 18.4 Å². The highest BCUT2D eigenvalue weighted by molar-refractivity contribution is 5.93. The van der Waals surface area contributed by atoms with Gasteiger partial charge in [-0.3, -0.25) is 14.4 Å². The molecule has 9 heteroatoms. The molecule has 0 aliphatic carbocycles. The number of carbonyl (C=O) groups is 3. The van der Waals surface area contributed by atoms with Gasteiger partial charge < -0.3 is 26.4 Å². The summed E-state index contributed by atoms with van der Waals surface area (Å²) in [6.45, 7) is 7.28. The Morgan fingerprint density at radius 1 is 1.17 bits per heavy atom. The van der Waals surface area contributed by atoms with Gasteiger partial charge in [-0.05, 0) is 37.5 Å². The summed E-state index contributed by atoms with van der Waals surface area (Å²) >= 11 is 0. The normalized spacial score (nSPS) is 19.9. The third kappa shape index (κ3) is 7.89. The Hall–Kier alpha value is -1.74. The van der Waals surface area contributed by atoms with Crippen molar-refractivity contribution in [2.75, 3.05) is 19.8 Å². The monoisotopic (exact) mass is 416 g/mol. The number of likely N-dealkylation sites (tertiary alicyclic amines) is 1. The van der Waals surface area contributed by atoms with Crippen molar-refractivity contribution in [1.29, 1.82) is 0 Å². The van der Waals surface area contributed by atoms with Gasteiger partial charge in [0.1, 0.15) is 24.9 Å². The first-order valence-corrected chi connectivity index (χ1v) is 10.5. The van der Waals surface area contributed by atoms with E-state index in [1.807, 2.05) is 27.7 Å². The molecule has 0 radical (unpaired) electrons. The van der Waals surface area contributed by atoms with Gasteiger partial charge in [0.25, 0.3) is 5.91 Å². The maximum absolute atomic E-state index is 12.8. The van der Waals surface area contributed by atoms with Gasteiger partial charge in [-0.25, -0.2) is 4.39 Å². The lowest BCUT2D eigenvalue weighted by molar-refractivity contribution is -0.146. The minimum absolute atomic E-state index is 0.114. The second kappa shape index (κ2) is 12.1. The number of carbonyl (C=O) groups excluding carboxylic acids is 3. The number of rotatable bonds is 11. The van der Waals surface area contributed by atoms with E-state index in [1.54, 1.807) is 0 Å². The van der Waals surface area contributed by atoms with E-state index in [4.69, 9.17) is 5.73 Å². The topological polar surface area (TPSA) is 125 Å². The molecule has 4 atom stereocenters. The molecule has 0 aromatic rings. The van der Waals surface area contributed by atoms with Crippen molar-refractivity contribution in [3.05, 3.63) is 0 Å². The Bertz CT molecular complexity index is 559. The smallest absolute Gasteiger partial charge is 0.253 e. The number of amides is 3. The molecular formula is C20H37FN4O4. The molecule has 0 aromatic heterocycles. The molecule has 168 valence electrons. The van der Waals surface area contributed by atoms with E-state index < -0.39 is 48.6 Å². The van der Waals surface area contributed by atoms with E-state index in [9.17, 15) is 23.9 Å². The van der Waals surface area contributed by atoms with Crippen LogP contribution in [0.4, 0.5) is 4.39 Å². The summed E-state index contributed by atoms with van der Waals surface area (Å²) in [5.74, 6) is -1.09. The minimum Gasteiger partial charge on any atom is -0.382 e. The molecule has 1 heterocycles. The molecule has 0 saturated carbocycles. The van der Waals surface area contributed by atoms with Crippen molar-refractivity contribution in [3.63, 3.8) is 0 Å². The van der Waals surface area contributed by atoms with Crippen molar-refractivity contribution < 1.29 is 23.9 Å². The SMILES string of the molecule is CC(C)C[C@H](NC(=O)[C@@H]1CCCN1C(=O)[C@@H](O)[C@H](N)CC(C)C)C(=O)NCCF. The highest BCUT2D eigenvalue weighted by atomic mass is 19.1. The maximum atomic E-state index is 12.8. The van der Waals surface area contributed by atoms with Crippen LogP contribution in [0.3, 0.4) is 0 Å². The standard InChI is InChI=1S/C20H37FN4O4/c1-12(2)10-14(22)17(26)20(29)25-9-5-6-16(25)19(28)24-15(11-13(3)4)18(27)23-8-7-21/h12-17,26H,5-11,22H2,1-4H3,(H,23,27)(H,24,28)/t14-,15+,16+,17+/m1/s1. The second-order valence-electron chi connectivity index (χ2n) is 8.60.